The van der Waals surface area contributed by atoms with E-state index in [-0.39, 0.29) is 22.4 Å². The minimum absolute atomic E-state index is 0.0882. The number of hydrogen-bond acceptors (Lipinski definition) is 3. The van der Waals surface area contributed by atoms with Gasteiger partial charge in [0.2, 0.25) is 0 Å². The summed E-state index contributed by atoms with van der Waals surface area (Å²) >= 11 is 0. The molecule has 3 nitrogen and oxygen atoms in total. The van der Waals surface area contributed by atoms with E-state index in [0.29, 0.717) is 11.3 Å². The van der Waals surface area contributed by atoms with Gasteiger partial charge in [-0.3, -0.25) is 4.79 Å². The molecule has 1 aliphatic carbocycles. The first-order valence-electron chi connectivity index (χ1n) is 13.3. The lowest BCUT2D eigenvalue weighted by atomic mass is 9.83. The van der Waals surface area contributed by atoms with Crippen LogP contribution in [0.2, 0.25) is 0 Å². The smallest absolute Gasteiger partial charge is 0.323 e. The zero-order valence-electron chi connectivity index (χ0n) is 23.5. The summed E-state index contributed by atoms with van der Waals surface area (Å²) in [7, 11) is 0. The molecule has 5 rings (SSSR count). The van der Waals surface area contributed by atoms with E-state index in [1.54, 1.807) is 24.3 Å². The van der Waals surface area contributed by atoms with Crippen LogP contribution in [-0.2, 0) is 15.6 Å². The predicted octanol–water partition coefficient (Wildman–Crippen LogP) is 8.82. The molecule has 0 aromatic heterocycles. The van der Waals surface area contributed by atoms with Gasteiger partial charge in [0.25, 0.3) is 0 Å². The van der Waals surface area contributed by atoms with E-state index in [4.69, 9.17) is 10.00 Å². The van der Waals surface area contributed by atoms with Crippen LogP contribution < -0.4 is 4.74 Å². The molecule has 0 N–H and O–H groups in total. The van der Waals surface area contributed by atoms with Crippen molar-refractivity contribution in [2.24, 2.45) is 0 Å². The van der Waals surface area contributed by atoms with Crippen LogP contribution in [0.5, 0.6) is 5.75 Å². The van der Waals surface area contributed by atoms with Crippen LogP contribution in [0.4, 0.5) is 8.78 Å². The second-order valence-corrected chi connectivity index (χ2v) is 12.4. The number of halogens is 2. The van der Waals surface area contributed by atoms with Gasteiger partial charge in [0.05, 0.1) is 0 Å². The van der Waals surface area contributed by atoms with E-state index < -0.39 is 23.1 Å². The minimum Gasteiger partial charge on any atom is -0.426 e. The molecule has 0 atom stereocenters. The number of rotatable bonds is 3. The van der Waals surface area contributed by atoms with Gasteiger partial charge in [0.15, 0.2) is 0 Å². The lowest BCUT2D eigenvalue weighted by Crippen LogP contribution is -2.20. The number of nitriles is 1. The highest BCUT2D eigenvalue weighted by Gasteiger charge is 2.37. The monoisotopic (exact) mass is 535 g/mol. The number of nitrogens with zero attached hydrogens (tertiary/aromatic N) is 1. The van der Waals surface area contributed by atoms with E-state index in [2.05, 4.69) is 77.9 Å². The third-order valence-electron chi connectivity index (χ3n) is 7.54. The Morgan fingerprint density at radius 2 is 1.20 bits per heavy atom. The number of hydrogen-bond donors (Lipinski definition) is 0. The molecule has 0 fully saturated rings. The Bertz CT molecular complexity index is 1600. The Balaban J connectivity index is 1.50. The van der Waals surface area contributed by atoms with Gasteiger partial charge >= 0.3 is 5.97 Å². The minimum atomic E-state index is -0.921. The fourth-order valence-electron chi connectivity index (χ4n) is 5.19. The Hall–Kier alpha value is -4.30. The van der Waals surface area contributed by atoms with Crippen molar-refractivity contribution >= 4 is 5.97 Å². The molecule has 0 radical (unpaired) electrons. The third kappa shape index (κ3) is 4.91. The topological polar surface area (TPSA) is 50.1 Å². The van der Waals surface area contributed by atoms with Crippen LogP contribution >= 0.6 is 0 Å². The highest BCUT2D eigenvalue weighted by molar-refractivity contribution is 5.95. The number of ether oxygens (including phenoxy) is 1. The van der Waals surface area contributed by atoms with Gasteiger partial charge in [0.1, 0.15) is 34.9 Å². The summed E-state index contributed by atoms with van der Waals surface area (Å²) in [5.74, 6) is -2.49. The maximum atomic E-state index is 14.1. The molecule has 0 aliphatic heterocycles. The molecule has 0 bridgehead atoms. The summed E-state index contributed by atoms with van der Waals surface area (Å²) in [5, 5.41) is 8.92. The largest absolute Gasteiger partial charge is 0.426 e. The summed E-state index contributed by atoms with van der Waals surface area (Å²) in [5.41, 5.74) is 6.23. The summed E-state index contributed by atoms with van der Waals surface area (Å²) in [4.78, 5) is 13.8. The Morgan fingerprint density at radius 3 is 1.62 bits per heavy atom. The average Bonchev–Trinajstić information content (AvgIpc) is 3.21. The maximum Gasteiger partial charge on any atom is 0.323 e. The highest BCUT2D eigenvalue weighted by atomic mass is 19.1. The molecular formula is C35H31F2NO2. The number of benzene rings is 4. The molecule has 0 saturated heterocycles. The molecule has 202 valence electrons. The molecule has 0 amide bonds. The highest BCUT2D eigenvalue weighted by Crippen LogP contribution is 2.48. The van der Waals surface area contributed by atoms with Gasteiger partial charge in [-0.15, -0.1) is 0 Å². The van der Waals surface area contributed by atoms with Crippen LogP contribution in [0.1, 0.15) is 75.3 Å². The van der Waals surface area contributed by atoms with Crippen LogP contribution in [0.3, 0.4) is 0 Å². The standard InChI is InChI=1S/C35H31F2NO2/c1-34(2,3)22-9-13-25-26-14-10-23(35(4,5)6)18-28(26)32(27(25)17-22)33(39)40-24-11-7-20(8-12-24)21-15-30(36)29(19-38)31(37)16-21/h7-18,32H,1-6H3. The first-order chi connectivity index (χ1) is 18.8. The molecule has 0 saturated carbocycles. The van der Waals surface area contributed by atoms with Crippen molar-refractivity contribution in [3.8, 4) is 34.1 Å². The summed E-state index contributed by atoms with van der Waals surface area (Å²) in [6.45, 7) is 12.9. The van der Waals surface area contributed by atoms with Crippen LogP contribution in [0, 0.1) is 23.0 Å². The lowest BCUT2D eigenvalue weighted by molar-refractivity contribution is -0.135. The van der Waals surface area contributed by atoms with Crippen molar-refractivity contribution in [1.82, 2.24) is 0 Å². The predicted molar refractivity (Wildman–Crippen MR) is 153 cm³/mol. The second-order valence-electron chi connectivity index (χ2n) is 12.4. The van der Waals surface area contributed by atoms with Crippen molar-refractivity contribution in [3.63, 3.8) is 0 Å². The quantitative estimate of drug-likeness (QED) is 0.195. The first kappa shape index (κ1) is 27.3. The summed E-state index contributed by atoms with van der Waals surface area (Å²) in [6.07, 6.45) is 0. The molecule has 0 spiro atoms. The number of carbonyl (C=O) groups is 1. The Morgan fingerprint density at radius 1 is 0.725 bits per heavy atom. The fraction of sp³-hybridized carbons (Fsp3) is 0.257. The van der Waals surface area contributed by atoms with E-state index in [1.165, 1.54) is 6.07 Å². The van der Waals surface area contributed by atoms with Crippen molar-refractivity contribution < 1.29 is 18.3 Å². The van der Waals surface area contributed by atoms with Gasteiger partial charge in [-0.05, 0) is 79.6 Å². The van der Waals surface area contributed by atoms with Crippen molar-refractivity contribution in [2.75, 3.05) is 0 Å². The van der Waals surface area contributed by atoms with Gasteiger partial charge in [0, 0.05) is 0 Å². The van der Waals surface area contributed by atoms with Gasteiger partial charge < -0.3 is 4.74 Å². The molecule has 4 aromatic carbocycles. The second kappa shape index (κ2) is 9.71. The number of carbonyl (C=O) groups excluding carboxylic acids is 1. The average molecular weight is 536 g/mol. The molecule has 0 unspecified atom stereocenters. The van der Waals surface area contributed by atoms with E-state index in [0.717, 1.165) is 45.5 Å². The Labute approximate surface area is 234 Å². The van der Waals surface area contributed by atoms with E-state index in [9.17, 15) is 13.6 Å². The van der Waals surface area contributed by atoms with E-state index in [1.807, 2.05) is 0 Å². The number of esters is 1. The van der Waals surface area contributed by atoms with Crippen molar-refractivity contribution in [2.45, 2.75) is 58.3 Å². The zero-order valence-corrected chi connectivity index (χ0v) is 23.5. The zero-order chi connectivity index (χ0) is 29.0. The molecule has 5 heteroatoms. The van der Waals surface area contributed by atoms with Crippen LogP contribution in [-0.4, -0.2) is 5.97 Å². The molecule has 4 aromatic rings. The molecule has 1 aliphatic rings. The summed E-state index contributed by atoms with van der Waals surface area (Å²) in [6, 6.07) is 22.9. The Kier molecular flexibility index (Phi) is 6.62. The van der Waals surface area contributed by atoms with Gasteiger partial charge in [-0.25, -0.2) is 8.78 Å². The van der Waals surface area contributed by atoms with Gasteiger partial charge in [-0.2, -0.15) is 5.26 Å². The number of fused-ring (bicyclic) bond motifs is 3. The van der Waals surface area contributed by atoms with Gasteiger partial charge in [-0.1, -0.05) is 90.1 Å². The lowest BCUT2D eigenvalue weighted by Gasteiger charge is -2.22. The maximum absolute atomic E-state index is 14.1. The van der Waals surface area contributed by atoms with Crippen LogP contribution in [0.25, 0.3) is 22.3 Å². The van der Waals surface area contributed by atoms with E-state index >= 15 is 0 Å². The van der Waals surface area contributed by atoms with Crippen molar-refractivity contribution in [1.29, 1.82) is 5.26 Å². The molecule has 0 heterocycles. The first-order valence-corrected chi connectivity index (χ1v) is 13.3. The normalized spacial score (nSPS) is 13.0. The molecule has 40 heavy (non-hydrogen) atoms. The summed E-state index contributed by atoms with van der Waals surface area (Å²) < 4.78 is 34.2. The molecular weight excluding hydrogens is 504 g/mol. The van der Waals surface area contributed by atoms with Crippen molar-refractivity contribution in [3.05, 3.63) is 112 Å². The third-order valence-corrected chi connectivity index (χ3v) is 7.54. The van der Waals surface area contributed by atoms with Crippen LogP contribution in [0.15, 0.2) is 72.8 Å². The fourth-order valence-corrected chi connectivity index (χ4v) is 5.19. The SMILES string of the molecule is CC(C)(C)c1ccc2c(c1)C(C(=O)Oc1ccc(-c3cc(F)c(C#N)c(F)c3)cc1)c1cc(C(C)(C)C)ccc1-2.